The molecular formula is C29H35FN4O2Si. The van der Waals surface area contributed by atoms with Crippen molar-refractivity contribution in [2.45, 2.75) is 38.9 Å². The molecular weight excluding hydrogens is 483 g/mol. The third kappa shape index (κ3) is 5.74. The van der Waals surface area contributed by atoms with Crippen molar-refractivity contribution >= 4 is 31.2 Å². The fraction of sp³-hybridized carbons (Fsp3) is 0.414. The van der Waals surface area contributed by atoms with Crippen LogP contribution in [0.2, 0.25) is 18.1 Å². The van der Waals surface area contributed by atoms with Gasteiger partial charge in [-0.1, -0.05) is 26.8 Å². The lowest BCUT2D eigenvalue weighted by Gasteiger charge is -2.39. The minimum atomic E-state index is -1.75. The number of anilines is 1. The fourth-order valence-corrected chi connectivity index (χ4v) is 5.49. The number of fused-ring (bicyclic) bond motifs is 1. The van der Waals surface area contributed by atoms with Crippen LogP contribution < -0.4 is 4.90 Å². The van der Waals surface area contributed by atoms with Crippen molar-refractivity contribution in [3.05, 3.63) is 59.5 Å². The van der Waals surface area contributed by atoms with Gasteiger partial charge in [0.15, 0.2) is 8.32 Å². The maximum atomic E-state index is 15.4. The molecule has 0 saturated carbocycles. The average Bonchev–Trinajstić information content (AvgIpc) is 2.87. The Morgan fingerprint density at radius 3 is 2.49 bits per heavy atom. The van der Waals surface area contributed by atoms with Gasteiger partial charge in [0, 0.05) is 62.0 Å². The number of pyridine rings is 1. The number of piperazine rings is 1. The molecule has 2 aromatic carbocycles. The minimum Gasteiger partial charge on any atom is -0.416 e. The highest BCUT2D eigenvalue weighted by molar-refractivity contribution is 6.74. The van der Waals surface area contributed by atoms with Gasteiger partial charge in [-0.05, 0) is 54.0 Å². The van der Waals surface area contributed by atoms with Crippen LogP contribution in [0, 0.1) is 17.1 Å². The zero-order chi connectivity index (χ0) is 26.8. The second kappa shape index (κ2) is 10.7. The summed E-state index contributed by atoms with van der Waals surface area (Å²) in [7, 11) is -1.75. The molecule has 3 aromatic rings. The number of nitrogens with zero attached hydrogens (tertiary/aromatic N) is 4. The van der Waals surface area contributed by atoms with Crippen molar-refractivity contribution in [3.63, 3.8) is 0 Å². The molecule has 0 amide bonds. The predicted molar refractivity (Wildman–Crippen MR) is 149 cm³/mol. The molecule has 1 aliphatic heterocycles. The standard InChI is InChI=1S/C29H35FN4O2Si/c1-29(2,3)37(4,5)36-15-14-33-10-12-34(13-11-33)27-9-7-22(17-25(27)30)28-23(18-31)19-32-26-8-6-21(20-35)16-24(26)28/h6-9,16-17,19-20H,10-15H2,1-5H3. The van der Waals surface area contributed by atoms with E-state index in [0.29, 0.717) is 38.8 Å². The zero-order valence-corrected chi connectivity index (χ0v) is 23.3. The molecule has 0 N–H and O–H groups in total. The highest BCUT2D eigenvalue weighted by Crippen LogP contribution is 2.37. The summed E-state index contributed by atoms with van der Waals surface area (Å²) in [5, 5.41) is 10.5. The van der Waals surface area contributed by atoms with E-state index in [1.807, 2.05) is 6.07 Å². The Bertz CT molecular complexity index is 1340. The largest absolute Gasteiger partial charge is 0.416 e. The summed E-state index contributed by atoms with van der Waals surface area (Å²) < 4.78 is 21.7. The lowest BCUT2D eigenvalue weighted by Crippen LogP contribution is -2.49. The van der Waals surface area contributed by atoms with E-state index < -0.39 is 8.32 Å². The van der Waals surface area contributed by atoms with Crippen LogP contribution in [0.4, 0.5) is 10.1 Å². The monoisotopic (exact) mass is 518 g/mol. The van der Waals surface area contributed by atoms with Crippen LogP contribution in [-0.2, 0) is 4.43 Å². The molecule has 6 nitrogen and oxygen atoms in total. The number of halogens is 1. The lowest BCUT2D eigenvalue weighted by atomic mass is 9.95. The highest BCUT2D eigenvalue weighted by Gasteiger charge is 2.37. The fourth-order valence-electron chi connectivity index (χ4n) is 4.46. The van der Waals surface area contributed by atoms with Crippen LogP contribution in [0.3, 0.4) is 0 Å². The number of carbonyl (C=O) groups is 1. The van der Waals surface area contributed by atoms with Crippen LogP contribution >= 0.6 is 0 Å². The van der Waals surface area contributed by atoms with Gasteiger partial charge >= 0.3 is 0 Å². The third-order valence-electron chi connectivity index (χ3n) is 7.77. The summed E-state index contributed by atoms with van der Waals surface area (Å²) in [6.45, 7) is 16.1. The van der Waals surface area contributed by atoms with Crippen molar-refractivity contribution < 1.29 is 13.6 Å². The maximum Gasteiger partial charge on any atom is 0.192 e. The summed E-state index contributed by atoms with van der Waals surface area (Å²) >= 11 is 0. The van der Waals surface area contributed by atoms with E-state index in [1.54, 1.807) is 24.3 Å². The molecule has 1 aromatic heterocycles. The van der Waals surface area contributed by atoms with Crippen LogP contribution in [0.1, 0.15) is 36.7 Å². The quantitative estimate of drug-likeness (QED) is 0.288. The Balaban J connectivity index is 1.47. The smallest absolute Gasteiger partial charge is 0.192 e. The van der Waals surface area contributed by atoms with Gasteiger partial charge in [-0.3, -0.25) is 14.7 Å². The lowest BCUT2D eigenvalue weighted by molar-refractivity contribution is 0.112. The summed E-state index contributed by atoms with van der Waals surface area (Å²) in [6, 6.07) is 12.4. The summed E-state index contributed by atoms with van der Waals surface area (Å²) in [6.07, 6.45) is 2.25. The van der Waals surface area contributed by atoms with Crippen molar-refractivity contribution in [2.75, 3.05) is 44.2 Å². The van der Waals surface area contributed by atoms with Gasteiger partial charge in [-0.2, -0.15) is 5.26 Å². The molecule has 37 heavy (non-hydrogen) atoms. The Hall–Kier alpha value is -3.12. The molecule has 0 radical (unpaired) electrons. The molecule has 1 fully saturated rings. The van der Waals surface area contributed by atoms with E-state index in [-0.39, 0.29) is 10.9 Å². The van der Waals surface area contributed by atoms with Crippen molar-refractivity contribution in [1.29, 1.82) is 5.26 Å². The molecule has 0 unspecified atom stereocenters. The van der Waals surface area contributed by atoms with Crippen LogP contribution in [0.15, 0.2) is 42.6 Å². The molecule has 0 spiro atoms. The maximum absolute atomic E-state index is 15.4. The summed E-state index contributed by atoms with van der Waals surface area (Å²) in [5.74, 6) is -0.326. The Morgan fingerprint density at radius 2 is 1.86 bits per heavy atom. The second-order valence-electron chi connectivity index (χ2n) is 11.2. The van der Waals surface area contributed by atoms with E-state index in [2.05, 4.69) is 54.7 Å². The second-order valence-corrected chi connectivity index (χ2v) is 16.0. The summed E-state index contributed by atoms with van der Waals surface area (Å²) in [4.78, 5) is 20.1. The normalized spacial score (nSPS) is 15.1. The van der Waals surface area contributed by atoms with E-state index >= 15 is 4.39 Å². The molecule has 1 aliphatic rings. The molecule has 194 valence electrons. The topological polar surface area (TPSA) is 69.5 Å². The summed E-state index contributed by atoms with van der Waals surface area (Å²) in [5.41, 5.74) is 3.22. The van der Waals surface area contributed by atoms with Crippen molar-refractivity contribution in [1.82, 2.24) is 9.88 Å². The first-order valence-corrected chi connectivity index (χ1v) is 15.6. The van der Waals surface area contributed by atoms with Gasteiger partial charge in [0.05, 0.1) is 16.8 Å². The molecule has 2 heterocycles. The molecule has 1 saturated heterocycles. The van der Waals surface area contributed by atoms with Gasteiger partial charge in [0.1, 0.15) is 18.2 Å². The molecule has 0 atom stereocenters. The number of hydrogen-bond donors (Lipinski definition) is 0. The van der Waals surface area contributed by atoms with Crippen LogP contribution in [-0.4, -0.2) is 63.8 Å². The first kappa shape index (κ1) is 26.9. The minimum absolute atomic E-state index is 0.197. The van der Waals surface area contributed by atoms with Gasteiger partial charge < -0.3 is 9.33 Å². The molecule has 4 rings (SSSR count). The number of benzene rings is 2. The van der Waals surface area contributed by atoms with Crippen molar-refractivity contribution in [2.24, 2.45) is 0 Å². The number of rotatable bonds is 7. The zero-order valence-electron chi connectivity index (χ0n) is 22.3. The van der Waals surface area contributed by atoms with Crippen molar-refractivity contribution in [3.8, 4) is 17.2 Å². The van der Waals surface area contributed by atoms with Crippen LogP contribution in [0.5, 0.6) is 0 Å². The molecule has 8 heteroatoms. The van der Waals surface area contributed by atoms with Crippen LogP contribution in [0.25, 0.3) is 22.0 Å². The Morgan fingerprint density at radius 1 is 1.14 bits per heavy atom. The van der Waals surface area contributed by atoms with E-state index in [4.69, 9.17) is 4.43 Å². The van der Waals surface area contributed by atoms with E-state index in [1.165, 1.54) is 12.3 Å². The van der Waals surface area contributed by atoms with Gasteiger partial charge in [0.25, 0.3) is 0 Å². The van der Waals surface area contributed by atoms with Gasteiger partial charge in [0.2, 0.25) is 0 Å². The molecule has 0 aliphatic carbocycles. The van der Waals surface area contributed by atoms with E-state index in [9.17, 15) is 10.1 Å². The average molecular weight is 519 g/mol. The number of aldehydes is 1. The van der Waals surface area contributed by atoms with Gasteiger partial charge in [-0.15, -0.1) is 0 Å². The number of hydrogen-bond acceptors (Lipinski definition) is 6. The number of aromatic nitrogens is 1. The first-order valence-electron chi connectivity index (χ1n) is 12.7. The third-order valence-corrected chi connectivity index (χ3v) is 12.3. The predicted octanol–water partition coefficient (Wildman–Crippen LogP) is 5.87. The SMILES string of the molecule is CC(C)(C)[Si](C)(C)OCCN1CCN(c2ccc(-c3c(C#N)cnc4ccc(C=O)cc34)cc2F)CC1. The Kier molecular flexibility index (Phi) is 7.79. The first-order chi connectivity index (χ1) is 17.5. The van der Waals surface area contributed by atoms with E-state index in [0.717, 1.165) is 45.6 Å². The number of carbonyl (C=O) groups excluding carboxylic acids is 1. The van der Waals surface area contributed by atoms with Gasteiger partial charge in [-0.25, -0.2) is 4.39 Å². The number of nitriles is 1. The Labute approximate surface area is 219 Å². The highest BCUT2D eigenvalue weighted by atomic mass is 28.4. The molecule has 0 bridgehead atoms.